The van der Waals surface area contributed by atoms with Gasteiger partial charge in [0.1, 0.15) is 5.75 Å². The molecule has 1 heterocycles. The van der Waals surface area contributed by atoms with Crippen LogP contribution in [0.15, 0.2) is 39.5 Å². The Morgan fingerprint density at radius 3 is 2.59 bits per heavy atom. The third-order valence-electron chi connectivity index (χ3n) is 2.69. The number of rotatable bonds is 6. The number of ether oxygens (including phenoxy) is 1. The summed E-state index contributed by atoms with van der Waals surface area (Å²) in [6, 6.07) is 8.64. The number of likely N-dealkylation sites (N-methyl/N-ethyl adjacent to an activating group) is 1. The molecule has 2 aromatic rings. The van der Waals surface area contributed by atoms with Gasteiger partial charge in [-0.05, 0) is 53.2 Å². The molecule has 0 aliphatic rings. The monoisotopic (exact) mass is 382 g/mol. The van der Waals surface area contributed by atoms with Crippen LogP contribution in [0.1, 0.15) is 17.3 Å². The van der Waals surface area contributed by atoms with E-state index in [1.807, 2.05) is 6.92 Å². The summed E-state index contributed by atoms with van der Waals surface area (Å²) in [4.78, 5) is 23.3. The average molecular weight is 383 g/mol. The van der Waals surface area contributed by atoms with Crippen LogP contribution in [0.2, 0.25) is 0 Å². The second kappa shape index (κ2) is 7.95. The minimum absolute atomic E-state index is 0.0253. The first kappa shape index (κ1) is 16.5. The summed E-state index contributed by atoms with van der Waals surface area (Å²) in [6.07, 6.45) is 0. The Morgan fingerprint density at radius 1 is 1.27 bits per heavy atom. The highest BCUT2D eigenvalue weighted by molar-refractivity contribution is 9.11. The molecule has 116 valence electrons. The van der Waals surface area contributed by atoms with Gasteiger partial charge in [-0.15, -0.1) is 11.3 Å². The average Bonchev–Trinajstić information content (AvgIpc) is 2.93. The number of halogens is 1. The fourth-order valence-electron chi connectivity index (χ4n) is 1.66. The third kappa shape index (κ3) is 4.85. The van der Waals surface area contributed by atoms with Gasteiger partial charge in [0, 0.05) is 17.6 Å². The number of hydrogen-bond donors (Lipinski definition) is 2. The molecule has 0 bridgehead atoms. The van der Waals surface area contributed by atoms with Gasteiger partial charge < -0.3 is 15.4 Å². The van der Waals surface area contributed by atoms with Crippen molar-refractivity contribution in [2.45, 2.75) is 6.92 Å². The molecule has 1 aromatic heterocycles. The van der Waals surface area contributed by atoms with Crippen LogP contribution >= 0.6 is 27.3 Å². The highest BCUT2D eigenvalue weighted by atomic mass is 79.9. The van der Waals surface area contributed by atoms with Crippen LogP contribution in [0.4, 0.5) is 5.69 Å². The van der Waals surface area contributed by atoms with Crippen molar-refractivity contribution >= 4 is 44.8 Å². The quantitative estimate of drug-likeness (QED) is 0.805. The van der Waals surface area contributed by atoms with Crippen molar-refractivity contribution in [3.8, 4) is 5.75 Å². The summed E-state index contributed by atoms with van der Waals surface area (Å²) in [5.41, 5.74) is 1.27. The summed E-state index contributed by atoms with van der Waals surface area (Å²) in [5, 5.41) is 7.23. The van der Waals surface area contributed by atoms with Gasteiger partial charge in [-0.2, -0.15) is 0 Å². The molecule has 0 atom stereocenters. The minimum atomic E-state index is -0.169. The molecule has 5 nitrogen and oxygen atoms in total. The van der Waals surface area contributed by atoms with E-state index in [1.54, 1.807) is 35.7 Å². The van der Waals surface area contributed by atoms with Gasteiger partial charge in [0.05, 0.1) is 9.35 Å². The van der Waals surface area contributed by atoms with Crippen LogP contribution in [-0.2, 0) is 4.79 Å². The van der Waals surface area contributed by atoms with Gasteiger partial charge in [-0.3, -0.25) is 9.59 Å². The normalized spacial score (nSPS) is 10.1. The standard InChI is InChI=1S/C15H15BrN2O3S/c1-2-17-14(19)8-21-12-5-3-11(4-6-12)18-15(20)10-7-13(16)22-9-10/h3-7,9H,2,8H2,1H3,(H,17,19)(H,18,20). The first-order valence-corrected chi connectivity index (χ1v) is 8.30. The molecule has 2 rings (SSSR count). The topological polar surface area (TPSA) is 67.4 Å². The van der Waals surface area contributed by atoms with Gasteiger partial charge in [0.2, 0.25) is 0 Å². The molecule has 0 aliphatic heterocycles. The molecule has 0 aliphatic carbocycles. The maximum atomic E-state index is 12.0. The predicted molar refractivity (Wildman–Crippen MR) is 90.6 cm³/mol. The Morgan fingerprint density at radius 2 is 2.00 bits per heavy atom. The fourth-order valence-corrected chi connectivity index (χ4v) is 2.80. The van der Waals surface area contributed by atoms with Crippen molar-refractivity contribution in [3.63, 3.8) is 0 Å². The Balaban J connectivity index is 1.89. The summed E-state index contributed by atoms with van der Waals surface area (Å²) >= 11 is 4.78. The fraction of sp³-hybridized carbons (Fsp3) is 0.200. The largest absolute Gasteiger partial charge is 0.484 e. The van der Waals surface area contributed by atoms with Crippen molar-refractivity contribution in [2.75, 3.05) is 18.5 Å². The van der Waals surface area contributed by atoms with Crippen molar-refractivity contribution in [1.29, 1.82) is 0 Å². The molecule has 2 N–H and O–H groups in total. The van der Waals surface area contributed by atoms with Crippen molar-refractivity contribution in [2.24, 2.45) is 0 Å². The Hall–Kier alpha value is -1.86. The van der Waals surface area contributed by atoms with Gasteiger partial charge in [0.15, 0.2) is 6.61 Å². The van der Waals surface area contributed by atoms with Crippen molar-refractivity contribution in [1.82, 2.24) is 5.32 Å². The van der Waals surface area contributed by atoms with E-state index >= 15 is 0 Å². The molecular formula is C15H15BrN2O3S. The molecule has 1 aromatic carbocycles. The predicted octanol–water partition coefficient (Wildman–Crippen LogP) is 3.28. The van der Waals surface area contributed by atoms with Crippen molar-refractivity contribution < 1.29 is 14.3 Å². The second-order valence-corrected chi connectivity index (χ2v) is 6.65. The van der Waals surface area contributed by atoms with Gasteiger partial charge in [0.25, 0.3) is 11.8 Å². The van der Waals surface area contributed by atoms with E-state index in [0.29, 0.717) is 23.5 Å². The maximum absolute atomic E-state index is 12.0. The van der Waals surface area contributed by atoms with E-state index in [0.717, 1.165) is 3.79 Å². The number of anilines is 1. The second-order valence-electron chi connectivity index (χ2n) is 4.36. The molecule has 0 saturated carbocycles. The summed E-state index contributed by atoms with van der Waals surface area (Å²) < 4.78 is 6.25. The maximum Gasteiger partial charge on any atom is 0.257 e. The number of carbonyl (C=O) groups is 2. The number of nitrogens with one attached hydrogen (secondary N) is 2. The van der Waals surface area contributed by atoms with Crippen LogP contribution < -0.4 is 15.4 Å². The minimum Gasteiger partial charge on any atom is -0.484 e. The molecule has 0 radical (unpaired) electrons. The molecule has 0 saturated heterocycles. The Bertz CT molecular complexity index is 655. The van der Waals surface area contributed by atoms with E-state index in [-0.39, 0.29) is 18.4 Å². The van der Waals surface area contributed by atoms with Gasteiger partial charge >= 0.3 is 0 Å². The third-order valence-corrected chi connectivity index (χ3v) is 4.19. The number of benzene rings is 1. The zero-order valence-electron chi connectivity index (χ0n) is 11.9. The lowest BCUT2D eigenvalue weighted by atomic mass is 10.2. The highest BCUT2D eigenvalue weighted by Gasteiger charge is 2.08. The number of amides is 2. The molecule has 2 amide bonds. The van der Waals surface area contributed by atoms with Crippen LogP contribution in [0, 0.1) is 0 Å². The molecule has 0 spiro atoms. The smallest absolute Gasteiger partial charge is 0.257 e. The zero-order valence-corrected chi connectivity index (χ0v) is 14.3. The highest BCUT2D eigenvalue weighted by Crippen LogP contribution is 2.22. The molecule has 0 unspecified atom stereocenters. The van der Waals surface area contributed by atoms with E-state index in [9.17, 15) is 9.59 Å². The SMILES string of the molecule is CCNC(=O)COc1ccc(NC(=O)c2csc(Br)c2)cc1. The Kier molecular flexibility index (Phi) is 5.97. The lowest BCUT2D eigenvalue weighted by molar-refractivity contribution is -0.122. The van der Waals surface area contributed by atoms with Crippen LogP contribution in [0.3, 0.4) is 0 Å². The first-order chi connectivity index (χ1) is 10.6. The number of thiophene rings is 1. The van der Waals surface area contributed by atoms with E-state index < -0.39 is 0 Å². The summed E-state index contributed by atoms with van der Waals surface area (Å²) in [5.74, 6) is 0.239. The number of hydrogen-bond acceptors (Lipinski definition) is 4. The van der Waals surface area contributed by atoms with Crippen LogP contribution in [0.25, 0.3) is 0 Å². The molecule has 0 fully saturated rings. The summed E-state index contributed by atoms with van der Waals surface area (Å²) in [6.45, 7) is 2.40. The van der Waals surface area contributed by atoms with E-state index in [1.165, 1.54) is 11.3 Å². The van der Waals surface area contributed by atoms with Gasteiger partial charge in [-0.25, -0.2) is 0 Å². The van der Waals surface area contributed by atoms with E-state index in [2.05, 4.69) is 26.6 Å². The molecular weight excluding hydrogens is 368 g/mol. The van der Waals surface area contributed by atoms with Crippen LogP contribution in [0.5, 0.6) is 5.75 Å². The lowest BCUT2D eigenvalue weighted by Gasteiger charge is -2.08. The Labute approximate surface area is 140 Å². The first-order valence-electron chi connectivity index (χ1n) is 6.63. The summed E-state index contributed by atoms with van der Waals surface area (Å²) in [7, 11) is 0. The molecule has 22 heavy (non-hydrogen) atoms. The van der Waals surface area contributed by atoms with E-state index in [4.69, 9.17) is 4.74 Å². The zero-order chi connectivity index (χ0) is 15.9. The molecule has 7 heteroatoms. The van der Waals surface area contributed by atoms with Crippen molar-refractivity contribution in [3.05, 3.63) is 45.1 Å². The number of carbonyl (C=O) groups excluding carboxylic acids is 2. The van der Waals surface area contributed by atoms with Crippen LogP contribution in [-0.4, -0.2) is 25.0 Å². The lowest BCUT2D eigenvalue weighted by Crippen LogP contribution is -2.28. The van der Waals surface area contributed by atoms with Gasteiger partial charge in [-0.1, -0.05) is 0 Å².